The highest BCUT2D eigenvalue weighted by atomic mass is 16.2. The highest BCUT2D eigenvalue weighted by molar-refractivity contribution is 5.80. The first-order valence-electron chi connectivity index (χ1n) is 7.38. The lowest BCUT2D eigenvalue weighted by Crippen LogP contribution is -2.37. The molecule has 0 aliphatic heterocycles. The highest BCUT2D eigenvalue weighted by Gasteiger charge is 2.25. The van der Waals surface area contributed by atoms with Crippen LogP contribution in [0.2, 0.25) is 0 Å². The second-order valence-electron chi connectivity index (χ2n) is 5.50. The average Bonchev–Trinajstić information content (AvgIpc) is 2.44. The zero-order valence-corrected chi connectivity index (χ0v) is 12.4. The Morgan fingerprint density at radius 1 is 1.35 bits per heavy atom. The first-order valence-corrected chi connectivity index (χ1v) is 7.38. The quantitative estimate of drug-likeness (QED) is 0.507. The van der Waals surface area contributed by atoms with Gasteiger partial charge < -0.3 is 11.1 Å². The Kier molecular flexibility index (Phi) is 7.22. The van der Waals surface area contributed by atoms with Crippen LogP contribution in [0.3, 0.4) is 0 Å². The summed E-state index contributed by atoms with van der Waals surface area (Å²) < 4.78 is 0. The van der Waals surface area contributed by atoms with Crippen LogP contribution in [0, 0.1) is 11.8 Å². The van der Waals surface area contributed by atoms with Crippen LogP contribution >= 0.6 is 0 Å². The summed E-state index contributed by atoms with van der Waals surface area (Å²) in [5.41, 5.74) is 7.84. The van der Waals surface area contributed by atoms with Gasteiger partial charge in [-0.25, -0.2) is 10.2 Å². The van der Waals surface area contributed by atoms with Crippen molar-refractivity contribution in [2.75, 3.05) is 6.54 Å². The van der Waals surface area contributed by atoms with Crippen LogP contribution < -0.4 is 16.5 Å². The SMILES string of the molecule is CCC(=O)C1CCC(CNC(=O)N/N=C/[C@H](C)N)CC1. The molecule has 0 aromatic rings. The van der Waals surface area contributed by atoms with E-state index < -0.39 is 0 Å². The fourth-order valence-electron chi connectivity index (χ4n) is 2.47. The Labute approximate surface area is 120 Å². The van der Waals surface area contributed by atoms with Gasteiger partial charge in [-0.15, -0.1) is 0 Å². The number of hydrogen-bond donors (Lipinski definition) is 3. The monoisotopic (exact) mass is 282 g/mol. The molecule has 6 nitrogen and oxygen atoms in total. The molecule has 1 rings (SSSR count). The second kappa shape index (κ2) is 8.68. The van der Waals surface area contributed by atoms with Gasteiger partial charge in [0.15, 0.2) is 0 Å². The van der Waals surface area contributed by atoms with E-state index in [1.54, 1.807) is 6.92 Å². The van der Waals surface area contributed by atoms with Crippen molar-refractivity contribution in [2.45, 2.75) is 52.0 Å². The topological polar surface area (TPSA) is 96.6 Å². The van der Waals surface area contributed by atoms with Crippen molar-refractivity contribution < 1.29 is 9.59 Å². The minimum Gasteiger partial charge on any atom is -0.336 e. The lowest BCUT2D eigenvalue weighted by atomic mass is 9.79. The van der Waals surface area contributed by atoms with Gasteiger partial charge in [0, 0.05) is 31.1 Å². The molecule has 0 radical (unpaired) electrons. The van der Waals surface area contributed by atoms with Gasteiger partial charge in [0.05, 0.1) is 0 Å². The normalized spacial score (nSPS) is 24.4. The predicted molar refractivity (Wildman–Crippen MR) is 79.4 cm³/mol. The van der Waals surface area contributed by atoms with Crippen molar-refractivity contribution in [3.8, 4) is 0 Å². The first-order chi connectivity index (χ1) is 9.52. The molecule has 0 aromatic heterocycles. The molecule has 0 heterocycles. The van der Waals surface area contributed by atoms with Gasteiger partial charge in [0.25, 0.3) is 0 Å². The number of Topliss-reactive ketones (excluding diaryl/α,β-unsaturated/α-hetero) is 1. The Morgan fingerprint density at radius 2 is 2.00 bits per heavy atom. The van der Waals surface area contributed by atoms with Gasteiger partial charge in [-0.3, -0.25) is 4.79 Å². The molecule has 1 saturated carbocycles. The smallest absolute Gasteiger partial charge is 0.335 e. The van der Waals surface area contributed by atoms with Crippen LogP contribution in [-0.2, 0) is 4.79 Å². The summed E-state index contributed by atoms with van der Waals surface area (Å²) in [4.78, 5) is 23.1. The van der Waals surface area contributed by atoms with E-state index in [2.05, 4.69) is 15.8 Å². The van der Waals surface area contributed by atoms with Crippen LogP contribution in [0.5, 0.6) is 0 Å². The molecule has 1 aliphatic carbocycles. The minimum absolute atomic E-state index is 0.179. The van der Waals surface area contributed by atoms with Crippen molar-refractivity contribution in [1.29, 1.82) is 0 Å². The number of carbonyl (C=O) groups excluding carboxylic acids is 2. The Bertz CT molecular complexity index is 347. The molecule has 1 aliphatic rings. The molecule has 0 aromatic carbocycles. The van der Waals surface area contributed by atoms with Crippen LogP contribution in [-0.4, -0.2) is 30.6 Å². The Morgan fingerprint density at radius 3 is 2.55 bits per heavy atom. The third kappa shape index (κ3) is 6.14. The summed E-state index contributed by atoms with van der Waals surface area (Å²) in [5.74, 6) is 1.07. The number of urea groups is 1. The van der Waals surface area contributed by atoms with Gasteiger partial charge >= 0.3 is 6.03 Å². The summed E-state index contributed by atoms with van der Waals surface area (Å²) in [7, 11) is 0. The molecular formula is C14H26N4O2. The third-order valence-electron chi connectivity index (χ3n) is 3.68. The van der Waals surface area contributed by atoms with E-state index in [0.29, 0.717) is 24.7 Å². The average molecular weight is 282 g/mol. The fourth-order valence-corrected chi connectivity index (χ4v) is 2.47. The summed E-state index contributed by atoms with van der Waals surface area (Å²) in [6.07, 6.45) is 6.00. The number of hydrogen-bond acceptors (Lipinski definition) is 4. The number of nitrogens with zero attached hydrogens (tertiary/aromatic N) is 1. The van der Waals surface area contributed by atoms with E-state index in [-0.39, 0.29) is 18.0 Å². The fraction of sp³-hybridized carbons (Fsp3) is 0.786. The molecule has 6 heteroatoms. The third-order valence-corrected chi connectivity index (χ3v) is 3.68. The molecular weight excluding hydrogens is 256 g/mol. The predicted octanol–water partition coefficient (Wildman–Crippen LogP) is 1.40. The lowest BCUT2D eigenvalue weighted by Gasteiger charge is -2.27. The molecule has 0 bridgehead atoms. The van der Waals surface area contributed by atoms with E-state index in [9.17, 15) is 9.59 Å². The molecule has 1 atom stereocenters. The van der Waals surface area contributed by atoms with Crippen LogP contribution in [0.15, 0.2) is 5.10 Å². The lowest BCUT2D eigenvalue weighted by molar-refractivity contribution is -0.123. The first kappa shape index (κ1) is 16.6. The highest BCUT2D eigenvalue weighted by Crippen LogP contribution is 2.29. The number of ketones is 1. The van der Waals surface area contributed by atoms with Crippen molar-refractivity contribution in [1.82, 2.24) is 10.7 Å². The Balaban J connectivity index is 2.18. The molecule has 0 unspecified atom stereocenters. The largest absolute Gasteiger partial charge is 0.336 e. The molecule has 0 saturated heterocycles. The molecule has 20 heavy (non-hydrogen) atoms. The zero-order chi connectivity index (χ0) is 15.0. The van der Waals surface area contributed by atoms with E-state index >= 15 is 0 Å². The van der Waals surface area contributed by atoms with Gasteiger partial charge in [-0.05, 0) is 38.5 Å². The van der Waals surface area contributed by atoms with Crippen molar-refractivity contribution >= 4 is 18.0 Å². The summed E-state index contributed by atoms with van der Waals surface area (Å²) in [6, 6.07) is -0.490. The van der Waals surface area contributed by atoms with Gasteiger partial charge in [0.2, 0.25) is 0 Å². The van der Waals surface area contributed by atoms with E-state index in [4.69, 9.17) is 5.73 Å². The van der Waals surface area contributed by atoms with Gasteiger partial charge in [-0.2, -0.15) is 5.10 Å². The van der Waals surface area contributed by atoms with Gasteiger partial charge in [-0.1, -0.05) is 6.92 Å². The number of hydrazone groups is 1. The number of nitrogens with one attached hydrogen (secondary N) is 2. The zero-order valence-electron chi connectivity index (χ0n) is 12.4. The number of nitrogens with two attached hydrogens (primary N) is 1. The van der Waals surface area contributed by atoms with Crippen molar-refractivity contribution in [2.24, 2.45) is 22.7 Å². The molecule has 114 valence electrons. The molecule has 2 amide bonds. The summed E-state index contributed by atoms with van der Waals surface area (Å²) in [5, 5.41) is 6.52. The molecule has 0 spiro atoms. The number of carbonyl (C=O) groups is 2. The number of rotatable bonds is 6. The maximum atomic E-state index is 11.6. The van der Waals surface area contributed by atoms with Crippen LogP contribution in [0.25, 0.3) is 0 Å². The summed E-state index contributed by atoms with van der Waals surface area (Å²) >= 11 is 0. The van der Waals surface area contributed by atoms with Gasteiger partial charge in [0.1, 0.15) is 5.78 Å². The molecule has 1 fully saturated rings. The maximum absolute atomic E-state index is 11.6. The van der Waals surface area contributed by atoms with Crippen LogP contribution in [0.1, 0.15) is 46.0 Å². The maximum Gasteiger partial charge on any atom is 0.335 e. The molecule has 4 N–H and O–H groups in total. The van der Waals surface area contributed by atoms with Crippen molar-refractivity contribution in [3.05, 3.63) is 0 Å². The van der Waals surface area contributed by atoms with Crippen LogP contribution in [0.4, 0.5) is 4.79 Å². The van der Waals surface area contributed by atoms with E-state index in [1.165, 1.54) is 6.21 Å². The number of amides is 2. The minimum atomic E-state index is -0.311. The van der Waals surface area contributed by atoms with E-state index in [1.807, 2.05) is 6.92 Å². The van der Waals surface area contributed by atoms with Crippen molar-refractivity contribution in [3.63, 3.8) is 0 Å². The van der Waals surface area contributed by atoms with E-state index in [0.717, 1.165) is 25.7 Å². The standard InChI is InChI=1S/C14H26N4O2/c1-3-13(19)12-6-4-11(5-7-12)9-16-14(20)18-17-8-10(2)15/h8,10-12H,3-7,9,15H2,1-2H3,(H2,16,18,20)/b17-8+/t10-,11?,12?/m0/s1. The second-order valence-corrected chi connectivity index (χ2v) is 5.50. The Hall–Kier alpha value is -1.43. The summed E-state index contributed by atoms with van der Waals surface area (Å²) in [6.45, 7) is 4.33.